The highest BCUT2D eigenvalue weighted by Gasteiger charge is 2.26. The number of phenolic OH excluding ortho intramolecular Hbond substituents is 2. The topological polar surface area (TPSA) is 163 Å². The fourth-order valence-corrected chi connectivity index (χ4v) is 8.37. The molecule has 0 spiro atoms. The van der Waals surface area contributed by atoms with Crippen LogP contribution in [-0.2, 0) is 11.3 Å². The summed E-state index contributed by atoms with van der Waals surface area (Å²) in [6.45, 7) is 9.11. The summed E-state index contributed by atoms with van der Waals surface area (Å²) in [7, 11) is 0. The van der Waals surface area contributed by atoms with E-state index in [2.05, 4.69) is 58.4 Å². The largest absolute Gasteiger partial charge is 0.507 e. The molecule has 2 aliphatic heterocycles. The maximum atomic E-state index is 12.3. The Bertz CT molecular complexity index is 2660. The molecular weight excluding hydrogens is 777 g/mol. The van der Waals surface area contributed by atoms with E-state index in [0.29, 0.717) is 41.8 Å². The van der Waals surface area contributed by atoms with Crippen LogP contribution >= 0.6 is 0 Å². The van der Waals surface area contributed by atoms with E-state index in [1.165, 1.54) is 6.42 Å². The van der Waals surface area contributed by atoms with Gasteiger partial charge in [-0.2, -0.15) is 0 Å². The van der Waals surface area contributed by atoms with Crippen molar-refractivity contribution in [3.05, 3.63) is 132 Å². The van der Waals surface area contributed by atoms with Gasteiger partial charge in [0.05, 0.1) is 22.2 Å². The number of piperidine rings is 2. The number of fused-ring (bicyclic) bond motifs is 2. The quantitative estimate of drug-likeness (QED) is 0.110. The fraction of sp³-hybridized carbons (Fsp3) is 0.300. The highest BCUT2D eigenvalue weighted by Crippen LogP contribution is 2.35. The minimum Gasteiger partial charge on any atom is -0.507 e. The molecule has 2 aliphatic rings. The second-order valence-corrected chi connectivity index (χ2v) is 16.4. The molecule has 9 rings (SSSR count). The highest BCUT2D eigenvalue weighted by atomic mass is 16.5. The third-order valence-electron chi connectivity index (χ3n) is 11.7. The number of aryl methyl sites for hydroxylation is 2. The molecule has 5 aromatic carbocycles. The summed E-state index contributed by atoms with van der Waals surface area (Å²) in [6.07, 6.45) is 3.89. The molecule has 7 aromatic rings. The Morgan fingerprint density at radius 1 is 0.677 bits per heavy atom. The third-order valence-corrected chi connectivity index (χ3v) is 11.7. The first-order valence-corrected chi connectivity index (χ1v) is 21.5. The van der Waals surface area contributed by atoms with E-state index in [1.54, 1.807) is 24.3 Å². The lowest BCUT2D eigenvalue weighted by Crippen LogP contribution is -2.41. The van der Waals surface area contributed by atoms with E-state index >= 15 is 0 Å². The summed E-state index contributed by atoms with van der Waals surface area (Å²) < 4.78 is 5.37. The average molecular weight is 831 g/mol. The lowest BCUT2D eigenvalue weighted by Gasteiger charge is -2.34. The van der Waals surface area contributed by atoms with Crippen molar-refractivity contribution in [3.8, 4) is 34.3 Å². The molecule has 62 heavy (non-hydrogen) atoms. The molecule has 4 heterocycles. The van der Waals surface area contributed by atoms with Gasteiger partial charge in [-0.1, -0.05) is 66.7 Å². The first-order chi connectivity index (χ1) is 30.2. The fourth-order valence-electron chi connectivity index (χ4n) is 8.37. The van der Waals surface area contributed by atoms with Crippen molar-refractivity contribution in [2.24, 2.45) is 17.6 Å². The van der Waals surface area contributed by atoms with Crippen LogP contribution in [0.1, 0.15) is 42.4 Å². The van der Waals surface area contributed by atoms with Crippen molar-refractivity contribution >= 4 is 39.5 Å². The predicted molar refractivity (Wildman–Crippen MR) is 246 cm³/mol. The van der Waals surface area contributed by atoms with Crippen molar-refractivity contribution in [2.75, 3.05) is 49.1 Å². The molecule has 0 bridgehead atoms. The number of nitrogens with two attached hydrogens (primary N) is 1. The normalized spacial score (nSPS) is 16.4. The number of rotatable bonds is 9. The number of alkyl carbamates (subject to hydrolysis) is 1. The summed E-state index contributed by atoms with van der Waals surface area (Å²) in [5.41, 5.74) is 12.2. The summed E-state index contributed by atoms with van der Waals surface area (Å²) in [5, 5.41) is 25.6. The molecule has 0 radical (unpaired) electrons. The Balaban J connectivity index is 0.000000180. The minimum atomic E-state index is -0.402. The third kappa shape index (κ3) is 9.87. The van der Waals surface area contributed by atoms with Gasteiger partial charge in [0.25, 0.3) is 0 Å². The lowest BCUT2D eigenvalue weighted by atomic mass is 9.97. The van der Waals surface area contributed by atoms with Crippen molar-refractivity contribution in [3.63, 3.8) is 0 Å². The molecule has 1 amide bonds. The van der Waals surface area contributed by atoms with Gasteiger partial charge in [0, 0.05) is 43.5 Å². The van der Waals surface area contributed by atoms with E-state index in [9.17, 15) is 15.0 Å². The number of amides is 1. The molecule has 2 saturated heterocycles. The van der Waals surface area contributed by atoms with Gasteiger partial charge in [-0.3, -0.25) is 0 Å². The second-order valence-electron chi connectivity index (χ2n) is 16.4. The zero-order valence-electron chi connectivity index (χ0n) is 35.4. The molecule has 5 N–H and O–H groups in total. The number of nitrogens with zero attached hydrogens (tertiary/aromatic N) is 6. The van der Waals surface area contributed by atoms with E-state index in [4.69, 9.17) is 30.4 Å². The number of benzene rings is 5. The Morgan fingerprint density at radius 2 is 1.18 bits per heavy atom. The summed E-state index contributed by atoms with van der Waals surface area (Å²) >= 11 is 0. The van der Waals surface area contributed by atoms with Gasteiger partial charge in [0.15, 0.2) is 11.6 Å². The first-order valence-electron chi connectivity index (χ1n) is 21.5. The van der Waals surface area contributed by atoms with Crippen LogP contribution < -0.4 is 20.9 Å². The molecular formula is C50H54N8O4. The monoisotopic (exact) mass is 830 g/mol. The standard InChI is InChI=1S/C29H30N4O3.C21H24N4O/c1-20-13-14-23-25(16-20)31-27(24-11-5-6-12-26(24)34)32-28(23)33-15-7-10-22(18-33)17-30-29(35)36-19-21-8-3-2-4-9-21;1-14-8-9-16-18(11-14)23-20(17-6-2-3-7-19(17)26)24-21(16)25-10-4-5-15(12-22)13-25/h2-6,8-9,11-14,16,22,34H,7,10,15,17-19H2,1H3,(H,30,35);2-3,6-9,11,15,26H,4-5,10,12-13,22H2,1H3/t22-;15-/m00/s1. The van der Waals surface area contributed by atoms with Crippen LogP contribution in [0.25, 0.3) is 44.6 Å². The SMILES string of the molecule is Cc1ccc2c(N3CCC[C@@H](CN)C3)nc(-c3ccccc3O)nc2c1.Cc1ccc2c(N3CCC[C@@H](CNC(=O)OCc4ccccc4)C3)nc(-c3ccccc3O)nc2c1. The molecule has 318 valence electrons. The van der Waals surface area contributed by atoms with Crippen molar-refractivity contribution < 1.29 is 19.7 Å². The Hall–Kier alpha value is -6.79. The van der Waals surface area contributed by atoms with Gasteiger partial charge in [-0.25, -0.2) is 24.7 Å². The Morgan fingerprint density at radius 3 is 1.71 bits per heavy atom. The summed E-state index contributed by atoms with van der Waals surface area (Å²) in [4.78, 5) is 36.2. The number of anilines is 2. The van der Waals surface area contributed by atoms with Crippen molar-refractivity contribution in [2.45, 2.75) is 46.1 Å². The number of para-hydroxylation sites is 2. The molecule has 0 saturated carbocycles. The van der Waals surface area contributed by atoms with E-state index in [-0.39, 0.29) is 24.0 Å². The molecule has 12 heteroatoms. The number of nitrogens with one attached hydrogen (secondary N) is 1. The Kier molecular flexibility index (Phi) is 13.0. The molecule has 2 aromatic heterocycles. The van der Waals surface area contributed by atoms with Crippen LogP contribution in [-0.4, -0.2) is 75.5 Å². The number of phenols is 2. The van der Waals surface area contributed by atoms with Crippen molar-refractivity contribution in [1.82, 2.24) is 25.3 Å². The molecule has 2 fully saturated rings. The van der Waals surface area contributed by atoms with Crippen LogP contribution in [0, 0.1) is 25.7 Å². The van der Waals surface area contributed by atoms with Crippen LogP contribution in [0.3, 0.4) is 0 Å². The van der Waals surface area contributed by atoms with Crippen molar-refractivity contribution in [1.29, 1.82) is 0 Å². The van der Waals surface area contributed by atoms with Crippen LogP contribution in [0.5, 0.6) is 11.5 Å². The van der Waals surface area contributed by atoms with Gasteiger partial charge in [-0.15, -0.1) is 0 Å². The second kappa shape index (κ2) is 19.3. The summed E-state index contributed by atoms with van der Waals surface area (Å²) in [6, 6.07) is 36.5. The van der Waals surface area contributed by atoms with Gasteiger partial charge in [-0.05, 0) is 123 Å². The molecule has 0 unspecified atom stereocenters. The smallest absolute Gasteiger partial charge is 0.407 e. The van der Waals surface area contributed by atoms with Gasteiger partial charge >= 0.3 is 6.09 Å². The van der Waals surface area contributed by atoms with Crippen LogP contribution in [0.2, 0.25) is 0 Å². The molecule has 0 aliphatic carbocycles. The minimum absolute atomic E-state index is 0.158. The van der Waals surface area contributed by atoms with Crippen LogP contribution in [0.15, 0.2) is 115 Å². The van der Waals surface area contributed by atoms with E-state index in [1.807, 2.05) is 61.5 Å². The highest BCUT2D eigenvalue weighted by molar-refractivity contribution is 5.93. The predicted octanol–water partition coefficient (Wildman–Crippen LogP) is 8.94. The summed E-state index contributed by atoms with van der Waals surface area (Å²) in [5.74, 6) is 3.98. The number of hydrogen-bond acceptors (Lipinski definition) is 11. The Labute approximate surface area is 362 Å². The van der Waals surface area contributed by atoms with Gasteiger partial charge in [0.1, 0.15) is 29.7 Å². The first kappa shape index (κ1) is 41.9. The van der Waals surface area contributed by atoms with E-state index < -0.39 is 6.09 Å². The van der Waals surface area contributed by atoms with Gasteiger partial charge in [0.2, 0.25) is 0 Å². The maximum absolute atomic E-state index is 12.3. The van der Waals surface area contributed by atoms with Gasteiger partial charge < -0.3 is 35.8 Å². The maximum Gasteiger partial charge on any atom is 0.407 e. The zero-order chi connectivity index (χ0) is 43.0. The number of carbonyl (C=O) groups is 1. The number of aromatic hydroxyl groups is 2. The van der Waals surface area contributed by atoms with E-state index in [0.717, 1.165) is 95.6 Å². The molecule has 2 atom stereocenters. The number of ether oxygens (including phenoxy) is 1. The number of aromatic nitrogens is 4. The lowest BCUT2D eigenvalue weighted by molar-refractivity contribution is 0.137. The zero-order valence-corrected chi connectivity index (χ0v) is 35.4. The number of hydrogen-bond donors (Lipinski definition) is 4. The average Bonchev–Trinajstić information content (AvgIpc) is 3.30. The molecule has 12 nitrogen and oxygen atoms in total. The van der Waals surface area contributed by atoms with Crippen LogP contribution in [0.4, 0.5) is 16.4 Å². The number of carbonyl (C=O) groups excluding carboxylic acids is 1.